The lowest BCUT2D eigenvalue weighted by Gasteiger charge is -2.46. The smallest absolute Gasteiger partial charge is 0.353 e. The normalized spacial score (nSPS) is 38.9. The maximum atomic E-state index is 14.9. The van der Waals surface area contributed by atoms with Crippen LogP contribution in [-0.4, -0.2) is 176 Å². The second-order valence-corrected chi connectivity index (χ2v) is 30.4. The molecule has 20 atom stereocenters. The largest absolute Gasteiger partial charge is 0.477 e. The number of carbonyl (C=O) groups excluding carboxylic acids is 5. The fraction of sp³-hybridized carbons (Fsp3) is 0.810. The Kier molecular flexibility index (Phi) is 24.4. The van der Waals surface area contributed by atoms with Gasteiger partial charge in [-0.3, -0.25) is 19.2 Å². The van der Waals surface area contributed by atoms with Gasteiger partial charge in [0.1, 0.15) is 23.6 Å². The lowest BCUT2D eigenvalue weighted by Crippen LogP contribution is -2.63. The third-order valence-electron chi connectivity index (χ3n) is 19.6. The topological polar surface area (TPSA) is 296 Å². The van der Waals surface area contributed by atoms with Gasteiger partial charge in [-0.15, -0.1) is 11.8 Å². The molecule has 4 saturated heterocycles. The number of cyclic esters (lactones) is 1. The van der Waals surface area contributed by atoms with Crippen molar-refractivity contribution in [2.75, 3.05) is 26.7 Å². The number of aliphatic carboxylic acids is 1. The van der Waals surface area contributed by atoms with Gasteiger partial charge >= 0.3 is 11.9 Å². The van der Waals surface area contributed by atoms with E-state index in [0.29, 0.717) is 74.8 Å². The van der Waals surface area contributed by atoms with Gasteiger partial charge in [0.2, 0.25) is 21.7 Å². The van der Waals surface area contributed by atoms with Gasteiger partial charge in [-0.2, -0.15) is 0 Å². The number of nitrogens with zero attached hydrogens (tertiary/aromatic N) is 2. The average Bonchev–Trinajstić information content (AvgIpc) is 1.62. The molecule has 0 aromatic carbocycles. The molecule has 0 aromatic heterocycles. The molecule has 7 N–H and O–H groups in total. The number of carbonyl (C=O) groups is 6. The van der Waals surface area contributed by atoms with E-state index < -0.39 is 122 Å². The maximum Gasteiger partial charge on any atom is 0.353 e. The first-order valence-electron chi connectivity index (χ1n) is 31.4. The molecular weight excluding hydrogens is 1130 g/mol. The predicted octanol–water partition coefficient (Wildman–Crippen LogP) is 6.43. The molecule has 482 valence electrons. The number of hydrogen-bond acceptors (Lipinski definition) is 17. The molecular formula is C63H102N4O16S2. The van der Waals surface area contributed by atoms with Crippen molar-refractivity contribution in [1.82, 2.24) is 19.8 Å². The molecule has 0 aromatic rings. The molecule has 1 aliphatic carbocycles. The van der Waals surface area contributed by atoms with Crippen LogP contribution in [0.2, 0.25) is 0 Å². The first-order valence-corrected chi connectivity index (χ1v) is 33.8. The molecule has 1 saturated carbocycles. The second-order valence-electron chi connectivity index (χ2n) is 26.7. The van der Waals surface area contributed by atoms with Gasteiger partial charge < -0.3 is 54.9 Å². The van der Waals surface area contributed by atoms with E-state index in [-0.39, 0.29) is 91.1 Å². The lowest BCUT2D eigenvalue weighted by molar-refractivity contribution is -0.282. The van der Waals surface area contributed by atoms with Crippen LogP contribution in [0.5, 0.6) is 0 Å². The molecule has 5 fully saturated rings. The van der Waals surface area contributed by atoms with Gasteiger partial charge in [0, 0.05) is 73.0 Å². The van der Waals surface area contributed by atoms with E-state index in [0.717, 1.165) is 5.57 Å². The molecule has 7 aliphatic rings. The summed E-state index contributed by atoms with van der Waals surface area (Å²) in [5.74, 6) is -11.2. The summed E-state index contributed by atoms with van der Waals surface area (Å²) in [6, 6.07) is -1.93. The summed E-state index contributed by atoms with van der Waals surface area (Å²) in [6.07, 6.45) is 3.38. The number of nitrogens with one attached hydrogen (secondary N) is 2. The second kappa shape index (κ2) is 29.4. The molecule has 0 radical (unpaired) electrons. The van der Waals surface area contributed by atoms with E-state index in [1.54, 1.807) is 34.6 Å². The summed E-state index contributed by atoms with van der Waals surface area (Å²) in [5.41, 5.74) is 1.39. The molecule has 22 heteroatoms. The van der Waals surface area contributed by atoms with Gasteiger partial charge in [-0.05, 0) is 141 Å². The summed E-state index contributed by atoms with van der Waals surface area (Å²) in [5, 5.41) is 58.7. The summed E-state index contributed by atoms with van der Waals surface area (Å²) >= 11 is 1.38. The minimum Gasteiger partial charge on any atom is -0.477 e. The van der Waals surface area contributed by atoms with Crippen LogP contribution >= 0.6 is 11.8 Å². The summed E-state index contributed by atoms with van der Waals surface area (Å²) in [7, 11) is -2.51. The quantitative estimate of drug-likeness (QED) is 0.0427. The third kappa shape index (κ3) is 15.7. The highest BCUT2D eigenvalue weighted by atomic mass is 32.2. The van der Waals surface area contributed by atoms with E-state index >= 15 is 0 Å². The highest BCUT2D eigenvalue weighted by molar-refractivity contribution is 8.03. The first kappa shape index (κ1) is 70.5. The first-order chi connectivity index (χ1) is 39.8. The van der Waals surface area contributed by atoms with E-state index in [1.807, 2.05) is 53.7 Å². The number of Topliss-reactive ketones (excluding diaryl/α,β-unsaturated/α-hetero) is 2. The van der Waals surface area contributed by atoms with Gasteiger partial charge in [0.05, 0.1) is 47.2 Å². The number of esters is 1. The number of piperidine rings is 1. The van der Waals surface area contributed by atoms with Gasteiger partial charge in [0.15, 0.2) is 0 Å². The lowest BCUT2D eigenvalue weighted by atomic mass is 9.76. The van der Waals surface area contributed by atoms with Crippen molar-refractivity contribution in [3.05, 3.63) is 33.9 Å². The fourth-order valence-corrected chi connectivity index (χ4v) is 17.3. The Morgan fingerprint density at radius 3 is 2.29 bits per heavy atom. The zero-order chi connectivity index (χ0) is 63.4. The predicted molar refractivity (Wildman–Crippen MR) is 324 cm³/mol. The van der Waals surface area contributed by atoms with E-state index in [9.17, 15) is 62.7 Å². The number of allylic oxidation sites excluding steroid dienone is 3. The van der Waals surface area contributed by atoms with Gasteiger partial charge in [-0.1, -0.05) is 73.1 Å². The highest BCUT2D eigenvalue weighted by Gasteiger charge is 2.61. The zero-order valence-corrected chi connectivity index (χ0v) is 54.5. The Hall–Kier alpha value is -3.58. The number of ether oxygens (including phenoxy) is 3. The van der Waals surface area contributed by atoms with Crippen molar-refractivity contribution >= 4 is 57.1 Å². The summed E-state index contributed by atoms with van der Waals surface area (Å²) < 4.78 is 48.4. The molecule has 0 unspecified atom stereocenters. The van der Waals surface area contributed by atoms with Crippen molar-refractivity contribution in [2.45, 2.75) is 244 Å². The minimum atomic E-state index is -4.04. The molecule has 6 aliphatic heterocycles. The number of amides is 2. The number of rotatable bonds is 14. The van der Waals surface area contributed by atoms with Crippen molar-refractivity contribution in [3.63, 3.8) is 0 Å². The van der Waals surface area contributed by atoms with Crippen molar-refractivity contribution in [2.24, 2.45) is 53.3 Å². The Morgan fingerprint density at radius 2 is 1.65 bits per heavy atom. The number of sulfonamides is 1. The number of ketones is 2. The molecule has 7 rings (SSSR count). The average molecular weight is 1240 g/mol. The van der Waals surface area contributed by atoms with E-state index in [1.165, 1.54) is 35.6 Å². The summed E-state index contributed by atoms with van der Waals surface area (Å²) in [4.78, 5) is 86.8. The van der Waals surface area contributed by atoms with Crippen LogP contribution in [0.25, 0.3) is 0 Å². The fourth-order valence-electron chi connectivity index (χ4n) is 14.6. The van der Waals surface area contributed by atoms with Crippen LogP contribution in [0.4, 0.5) is 0 Å². The van der Waals surface area contributed by atoms with E-state index in [2.05, 4.69) is 17.0 Å². The maximum absolute atomic E-state index is 14.9. The molecule has 2 bridgehead atoms. The Labute approximate surface area is 509 Å². The van der Waals surface area contributed by atoms with Gasteiger partial charge in [-0.25, -0.2) is 22.7 Å². The van der Waals surface area contributed by atoms with Crippen LogP contribution in [0.1, 0.15) is 173 Å². The molecule has 20 nitrogen and oxygen atoms in total. The van der Waals surface area contributed by atoms with Crippen LogP contribution in [-0.2, 0) is 53.0 Å². The Balaban J connectivity index is 0.00000572. The number of methoxy groups -OCH3 is 1. The number of thioether (sulfide) groups is 1. The standard InChI is InChI=1S/C61H96N4O16S2.C2H6/c1-31-21-32(2)23-41(18-19-60(10,11)83(77,78)63-29-42-27-43(30-62-42)82-54-38(8)50-49(39(9)66)56(71)65(50)51(54)58(73)74)47(69)28-46(68)37(7)53(35(5)25-40-16-17-45(67)48(26-40)79-12)80-59(75)44-15-13-14-20-64(44)57(72)55(70)61(76)36(6)24-34(4)52(81-61)33(3)22-31;1-2/h23,25,31,33-34,36-46,48-50,52-53,62-63,66-68,76H,13-22,24,26-30H2,1-12H3,(H,73,74);1-2H3/b32-23+,35-25+;/t31-,33-,34-,36+,37+,38+,39+,40-,41+,42-,43-,44-,45+,46-,48+,49+,50+,52+,53+,61+;/m0./s1. The number of aliphatic hydroxyl groups is 4. The molecule has 2 amide bonds. The number of hydrogen-bond donors (Lipinski definition) is 7. The van der Waals surface area contributed by atoms with Crippen LogP contribution in [0, 0.1) is 53.3 Å². The number of β-lactam (4-membered cyclic amide) rings is 1. The van der Waals surface area contributed by atoms with Crippen LogP contribution in [0.3, 0.4) is 0 Å². The molecule has 6 heterocycles. The number of carboxylic acids is 1. The van der Waals surface area contributed by atoms with Gasteiger partial charge in [0.25, 0.3) is 11.7 Å². The third-order valence-corrected chi connectivity index (χ3v) is 23.3. The van der Waals surface area contributed by atoms with Crippen LogP contribution < -0.4 is 10.0 Å². The number of aliphatic hydroxyl groups excluding tert-OH is 3. The zero-order valence-electron chi connectivity index (χ0n) is 52.9. The Bertz CT molecular complexity index is 2630. The monoisotopic (exact) mass is 1230 g/mol. The molecule has 85 heavy (non-hydrogen) atoms. The number of carboxylic acid groups (broad SMARTS) is 1. The highest BCUT2D eigenvalue weighted by Crippen LogP contribution is 2.52. The van der Waals surface area contributed by atoms with Crippen LogP contribution in [0.15, 0.2) is 33.9 Å². The Morgan fingerprint density at radius 1 is 0.976 bits per heavy atom. The van der Waals surface area contributed by atoms with Crippen molar-refractivity contribution < 1.29 is 76.9 Å². The van der Waals surface area contributed by atoms with Crippen molar-refractivity contribution in [1.29, 1.82) is 0 Å². The van der Waals surface area contributed by atoms with Crippen molar-refractivity contribution in [3.8, 4) is 0 Å². The number of fused-ring (bicyclic) bond motifs is 4. The molecule has 0 spiro atoms. The minimum absolute atomic E-state index is 0.0111. The summed E-state index contributed by atoms with van der Waals surface area (Å²) in [6.45, 7) is 24.3. The SMILES string of the molecule is CC.CO[C@@H]1C[C@H](/C=C(\C)[C@H]2OC(=O)[C@@H]3CCCCN3C(=O)C(=O)[C@]3(O)O[C@H]([C@@H](C)C[C@@H](C)C/C(C)=C/[C@@H](CCC(C)(C)S(=O)(=O)NC[C@@H]4C[C@H](SC5=C(C(=O)O)N6C(=O)[C@H]([C@@H](C)O)[C@H]6[C@H]5C)CN4)C(=O)C[C@H](O)[C@H]2C)[C@@H](C)C[C@H]3C)CC[C@H]1O. The van der Waals surface area contributed by atoms with E-state index in [4.69, 9.17) is 14.2 Å².